The van der Waals surface area contributed by atoms with Crippen molar-refractivity contribution >= 4 is 5.69 Å². The van der Waals surface area contributed by atoms with E-state index >= 15 is 0 Å². The fraction of sp³-hybridized carbons (Fsp3) is 0.600. The van der Waals surface area contributed by atoms with Gasteiger partial charge in [0, 0.05) is 44.5 Å². The number of aliphatic hydroxyl groups is 1. The molecule has 1 aliphatic heterocycles. The molecule has 2 rings (SSSR count). The lowest BCUT2D eigenvalue weighted by Gasteiger charge is -2.35. The summed E-state index contributed by atoms with van der Waals surface area (Å²) in [5, 5.41) is 8.95. The van der Waals surface area contributed by atoms with Crippen LogP contribution in [0.25, 0.3) is 0 Å². The first kappa shape index (κ1) is 14.2. The lowest BCUT2D eigenvalue weighted by atomic mass is 10.2. The number of piperazine rings is 1. The predicted molar refractivity (Wildman–Crippen MR) is 77.9 cm³/mol. The summed E-state index contributed by atoms with van der Waals surface area (Å²) in [5.41, 5.74) is 1.22. The molecule has 0 atom stereocenters. The Balaban J connectivity index is 1.95. The van der Waals surface area contributed by atoms with Gasteiger partial charge in [-0.2, -0.15) is 0 Å². The van der Waals surface area contributed by atoms with Crippen molar-refractivity contribution in [3.63, 3.8) is 0 Å². The molecule has 1 aromatic carbocycles. The smallest absolute Gasteiger partial charge is 0.121 e. The van der Waals surface area contributed by atoms with Gasteiger partial charge in [0.1, 0.15) is 5.75 Å². The first-order chi connectivity index (χ1) is 9.19. The average molecular weight is 264 g/mol. The Kier molecular flexibility index (Phi) is 5.05. The molecule has 0 bridgehead atoms. The van der Waals surface area contributed by atoms with Crippen molar-refractivity contribution in [2.45, 2.75) is 20.0 Å². The van der Waals surface area contributed by atoms with E-state index in [0.717, 1.165) is 38.5 Å². The van der Waals surface area contributed by atoms with Crippen LogP contribution in [-0.2, 0) is 0 Å². The number of ether oxygens (including phenoxy) is 1. The topological polar surface area (TPSA) is 35.9 Å². The maximum atomic E-state index is 8.95. The van der Waals surface area contributed by atoms with Crippen LogP contribution in [0.1, 0.15) is 13.8 Å². The first-order valence-corrected chi connectivity index (χ1v) is 7.04. The van der Waals surface area contributed by atoms with Gasteiger partial charge in [-0.3, -0.25) is 4.90 Å². The number of aliphatic hydroxyl groups excluding tert-OH is 1. The average Bonchev–Trinajstić information content (AvgIpc) is 2.39. The van der Waals surface area contributed by atoms with Crippen molar-refractivity contribution in [1.29, 1.82) is 0 Å². The molecule has 1 saturated heterocycles. The lowest BCUT2D eigenvalue weighted by Crippen LogP contribution is -2.47. The van der Waals surface area contributed by atoms with Crippen LogP contribution < -0.4 is 9.64 Å². The quantitative estimate of drug-likeness (QED) is 0.876. The molecule has 1 aromatic rings. The molecule has 0 spiro atoms. The third-order valence-corrected chi connectivity index (χ3v) is 3.34. The standard InChI is InChI=1S/C15H24N2O2/c1-13(2)19-15-5-3-4-14(12-15)17-8-6-16(7-9-17)10-11-18/h3-5,12-13,18H,6-11H2,1-2H3. The summed E-state index contributed by atoms with van der Waals surface area (Å²) in [5.74, 6) is 0.935. The molecule has 0 radical (unpaired) electrons. The van der Waals surface area contributed by atoms with Crippen LogP contribution in [0.2, 0.25) is 0 Å². The molecule has 106 valence electrons. The van der Waals surface area contributed by atoms with Crippen LogP contribution in [0.15, 0.2) is 24.3 Å². The monoisotopic (exact) mass is 264 g/mol. The van der Waals surface area contributed by atoms with E-state index in [9.17, 15) is 0 Å². The van der Waals surface area contributed by atoms with E-state index in [1.165, 1.54) is 5.69 Å². The third kappa shape index (κ3) is 4.11. The van der Waals surface area contributed by atoms with E-state index in [1.807, 2.05) is 26.0 Å². The summed E-state index contributed by atoms with van der Waals surface area (Å²) in [6.45, 7) is 9.14. The fourth-order valence-electron chi connectivity index (χ4n) is 2.40. The lowest BCUT2D eigenvalue weighted by molar-refractivity contribution is 0.188. The summed E-state index contributed by atoms with van der Waals surface area (Å²) < 4.78 is 5.74. The number of hydrogen-bond donors (Lipinski definition) is 1. The molecule has 0 unspecified atom stereocenters. The molecule has 19 heavy (non-hydrogen) atoms. The molecule has 0 aromatic heterocycles. The Morgan fingerprint density at radius 1 is 1.21 bits per heavy atom. The zero-order chi connectivity index (χ0) is 13.7. The van der Waals surface area contributed by atoms with Crippen molar-refractivity contribution in [2.75, 3.05) is 44.2 Å². The molecule has 4 nitrogen and oxygen atoms in total. The maximum Gasteiger partial charge on any atom is 0.121 e. The number of nitrogens with zero attached hydrogens (tertiary/aromatic N) is 2. The second kappa shape index (κ2) is 6.78. The van der Waals surface area contributed by atoms with Gasteiger partial charge in [-0.25, -0.2) is 0 Å². The SMILES string of the molecule is CC(C)Oc1cccc(N2CCN(CCO)CC2)c1. The van der Waals surface area contributed by atoms with Gasteiger partial charge in [0.2, 0.25) is 0 Å². The van der Waals surface area contributed by atoms with Gasteiger partial charge in [0.25, 0.3) is 0 Å². The second-order valence-electron chi connectivity index (χ2n) is 5.22. The van der Waals surface area contributed by atoms with Gasteiger partial charge in [-0.05, 0) is 26.0 Å². The Labute approximate surface area is 115 Å². The Hall–Kier alpha value is -1.26. The second-order valence-corrected chi connectivity index (χ2v) is 5.22. The third-order valence-electron chi connectivity index (χ3n) is 3.34. The van der Waals surface area contributed by atoms with Crippen molar-refractivity contribution in [3.8, 4) is 5.75 Å². The predicted octanol–water partition coefficient (Wildman–Crippen LogP) is 1.59. The Morgan fingerprint density at radius 2 is 1.95 bits per heavy atom. The van der Waals surface area contributed by atoms with Crippen LogP contribution in [0.3, 0.4) is 0 Å². The molecule has 0 saturated carbocycles. The largest absolute Gasteiger partial charge is 0.491 e. The number of β-amino-alcohol motifs (C(OH)–C–C–N with tert-alkyl or cyclic N) is 1. The van der Waals surface area contributed by atoms with Gasteiger partial charge in [-0.15, -0.1) is 0 Å². The van der Waals surface area contributed by atoms with Crippen LogP contribution in [-0.4, -0.2) is 55.4 Å². The molecule has 1 fully saturated rings. The van der Waals surface area contributed by atoms with E-state index in [4.69, 9.17) is 9.84 Å². The summed E-state index contributed by atoms with van der Waals surface area (Å²) in [4.78, 5) is 4.67. The minimum absolute atomic E-state index is 0.205. The number of hydrogen-bond acceptors (Lipinski definition) is 4. The molecule has 1 aliphatic rings. The van der Waals surface area contributed by atoms with Crippen molar-refractivity contribution in [2.24, 2.45) is 0 Å². The minimum atomic E-state index is 0.205. The van der Waals surface area contributed by atoms with Gasteiger partial charge >= 0.3 is 0 Å². The zero-order valence-electron chi connectivity index (χ0n) is 11.9. The highest BCUT2D eigenvalue weighted by molar-refractivity contribution is 5.51. The Bertz CT molecular complexity index is 387. The van der Waals surface area contributed by atoms with E-state index < -0.39 is 0 Å². The van der Waals surface area contributed by atoms with Gasteiger partial charge < -0.3 is 14.7 Å². The van der Waals surface area contributed by atoms with Crippen molar-refractivity contribution in [1.82, 2.24) is 4.90 Å². The van der Waals surface area contributed by atoms with Gasteiger partial charge in [0.05, 0.1) is 12.7 Å². The molecular formula is C15H24N2O2. The number of benzene rings is 1. The van der Waals surface area contributed by atoms with Crippen molar-refractivity contribution in [3.05, 3.63) is 24.3 Å². The highest BCUT2D eigenvalue weighted by Gasteiger charge is 2.16. The van der Waals surface area contributed by atoms with Crippen LogP contribution in [0.5, 0.6) is 5.75 Å². The molecule has 0 amide bonds. The summed E-state index contributed by atoms with van der Waals surface area (Å²) in [6.07, 6.45) is 0.205. The summed E-state index contributed by atoms with van der Waals surface area (Å²) in [6, 6.07) is 8.30. The number of anilines is 1. The summed E-state index contributed by atoms with van der Waals surface area (Å²) in [7, 11) is 0. The fourth-order valence-corrected chi connectivity index (χ4v) is 2.40. The molecule has 1 heterocycles. The highest BCUT2D eigenvalue weighted by Crippen LogP contribution is 2.23. The Morgan fingerprint density at radius 3 is 2.58 bits per heavy atom. The van der Waals surface area contributed by atoms with Crippen LogP contribution in [0.4, 0.5) is 5.69 Å². The maximum absolute atomic E-state index is 8.95. The molecular weight excluding hydrogens is 240 g/mol. The zero-order valence-corrected chi connectivity index (χ0v) is 11.9. The molecule has 0 aliphatic carbocycles. The van der Waals surface area contributed by atoms with Gasteiger partial charge in [0.15, 0.2) is 0 Å². The first-order valence-electron chi connectivity index (χ1n) is 7.04. The van der Waals surface area contributed by atoms with E-state index in [2.05, 4.69) is 21.9 Å². The minimum Gasteiger partial charge on any atom is -0.491 e. The van der Waals surface area contributed by atoms with Gasteiger partial charge in [-0.1, -0.05) is 6.07 Å². The van der Waals surface area contributed by atoms with E-state index in [1.54, 1.807) is 0 Å². The normalized spacial score (nSPS) is 16.9. The van der Waals surface area contributed by atoms with E-state index in [-0.39, 0.29) is 12.7 Å². The highest BCUT2D eigenvalue weighted by atomic mass is 16.5. The van der Waals surface area contributed by atoms with Crippen LogP contribution in [0, 0.1) is 0 Å². The van der Waals surface area contributed by atoms with E-state index in [0.29, 0.717) is 0 Å². The number of rotatable bonds is 5. The van der Waals surface area contributed by atoms with Crippen LogP contribution >= 0.6 is 0 Å². The molecule has 1 N–H and O–H groups in total. The molecule has 4 heteroatoms. The van der Waals surface area contributed by atoms with Crippen molar-refractivity contribution < 1.29 is 9.84 Å². The summed E-state index contributed by atoms with van der Waals surface area (Å²) >= 11 is 0.